The van der Waals surface area contributed by atoms with Gasteiger partial charge >= 0.3 is 0 Å². The summed E-state index contributed by atoms with van der Waals surface area (Å²) >= 11 is 1.74. The molecular weight excluding hydrogens is 242 g/mol. The van der Waals surface area contributed by atoms with Crippen LogP contribution in [0.2, 0.25) is 0 Å². The van der Waals surface area contributed by atoms with Crippen molar-refractivity contribution in [3.05, 3.63) is 16.1 Å². The molecule has 0 bridgehead atoms. The van der Waals surface area contributed by atoms with Gasteiger partial charge in [0.25, 0.3) is 0 Å². The van der Waals surface area contributed by atoms with Gasteiger partial charge in [0.1, 0.15) is 0 Å². The van der Waals surface area contributed by atoms with E-state index in [9.17, 15) is 0 Å². The summed E-state index contributed by atoms with van der Waals surface area (Å²) < 4.78 is 0. The first kappa shape index (κ1) is 13.9. The van der Waals surface area contributed by atoms with Crippen molar-refractivity contribution in [2.24, 2.45) is 0 Å². The molecule has 5 heteroatoms. The Hall–Kier alpha value is -0.160. The Labute approximate surface area is 107 Å². The standard InChI is InChI=1S/C11H19N3S.ClH/c1-9-14-11(8-15-9)4-6-13-10-3-2-5-12-7-10;/h8,10,12-13H,2-7H2,1H3;1H. The third kappa shape index (κ3) is 4.37. The molecule has 1 unspecified atom stereocenters. The second kappa shape index (κ2) is 7.22. The number of hydrogen-bond donors (Lipinski definition) is 2. The SMILES string of the molecule is Cc1nc(CCNC2CCCNC2)cs1.Cl. The van der Waals surface area contributed by atoms with Crippen LogP contribution < -0.4 is 10.6 Å². The number of nitrogens with zero attached hydrogens (tertiary/aromatic N) is 1. The van der Waals surface area contributed by atoms with E-state index >= 15 is 0 Å². The van der Waals surface area contributed by atoms with Crippen LogP contribution in [-0.4, -0.2) is 30.7 Å². The van der Waals surface area contributed by atoms with Crippen molar-refractivity contribution < 1.29 is 0 Å². The van der Waals surface area contributed by atoms with E-state index in [1.165, 1.54) is 30.1 Å². The van der Waals surface area contributed by atoms with Crippen LogP contribution in [-0.2, 0) is 6.42 Å². The predicted molar refractivity (Wildman–Crippen MR) is 71.7 cm³/mol. The summed E-state index contributed by atoms with van der Waals surface area (Å²) in [5.74, 6) is 0. The molecule has 0 radical (unpaired) electrons. The van der Waals surface area contributed by atoms with Crippen LogP contribution in [0.1, 0.15) is 23.5 Å². The van der Waals surface area contributed by atoms with Crippen molar-refractivity contribution in [2.45, 2.75) is 32.2 Å². The molecular formula is C11H20ClN3S. The van der Waals surface area contributed by atoms with Crippen LogP contribution in [0, 0.1) is 6.92 Å². The first-order valence-electron chi connectivity index (χ1n) is 5.70. The summed E-state index contributed by atoms with van der Waals surface area (Å²) in [5, 5.41) is 10.3. The van der Waals surface area contributed by atoms with Crippen molar-refractivity contribution in [2.75, 3.05) is 19.6 Å². The van der Waals surface area contributed by atoms with E-state index in [2.05, 4.69) is 27.9 Å². The molecule has 2 rings (SSSR count). The summed E-state index contributed by atoms with van der Waals surface area (Å²) in [6.07, 6.45) is 3.66. The van der Waals surface area contributed by atoms with E-state index in [0.717, 1.165) is 19.5 Å². The Balaban J connectivity index is 0.00000128. The Morgan fingerprint density at radius 1 is 1.62 bits per heavy atom. The molecule has 0 aromatic carbocycles. The van der Waals surface area contributed by atoms with E-state index in [0.29, 0.717) is 6.04 Å². The highest BCUT2D eigenvalue weighted by Gasteiger charge is 2.11. The number of aromatic nitrogens is 1. The van der Waals surface area contributed by atoms with Crippen LogP contribution in [0.4, 0.5) is 0 Å². The van der Waals surface area contributed by atoms with Crippen molar-refractivity contribution in [1.82, 2.24) is 15.6 Å². The fourth-order valence-electron chi connectivity index (χ4n) is 1.95. The summed E-state index contributed by atoms with van der Waals surface area (Å²) in [4.78, 5) is 4.46. The molecule has 1 atom stereocenters. The van der Waals surface area contributed by atoms with E-state index < -0.39 is 0 Å². The van der Waals surface area contributed by atoms with Crippen LogP contribution in [0.5, 0.6) is 0 Å². The number of rotatable bonds is 4. The summed E-state index contributed by atoms with van der Waals surface area (Å²) in [6.45, 7) is 5.42. The molecule has 1 aliphatic rings. The number of nitrogens with one attached hydrogen (secondary N) is 2. The van der Waals surface area contributed by atoms with Gasteiger partial charge in [0.2, 0.25) is 0 Å². The lowest BCUT2D eigenvalue weighted by Crippen LogP contribution is -2.43. The number of hydrogen-bond acceptors (Lipinski definition) is 4. The van der Waals surface area contributed by atoms with Crippen LogP contribution in [0.15, 0.2) is 5.38 Å². The van der Waals surface area contributed by atoms with Gasteiger partial charge in [-0.3, -0.25) is 0 Å². The Morgan fingerprint density at radius 3 is 3.12 bits per heavy atom. The molecule has 1 saturated heterocycles. The molecule has 1 aromatic rings. The monoisotopic (exact) mass is 261 g/mol. The molecule has 1 aromatic heterocycles. The van der Waals surface area contributed by atoms with Crippen molar-refractivity contribution >= 4 is 23.7 Å². The van der Waals surface area contributed by atoms with Gasteiger partial charge in [-0.2, -0.15) is 0 Å². The lowest BCUT2D eigenvalue weighted by atomic mass is 10.1. The average molecular weight is 262 g/mol. The largest absolute Gasteiger partial charge is 0.315 e. The minimum atomic E-state index is 0. The molecule has 92 valence electrons. The molecule has 0 saturated carbocycles. The lowest BCUT2D eigenvalue weighted by molar-refractivity contribution is 0.392. The van der Waals surface area contributed by atoms with Gasteiger partial charge in [0, 0.05) is 30.9 Å². The smallest absolute Gasteiger partial charge is 0.0897 e. The van der Waals surface area contributed by atoms with Gasteiger partial charge in [0.05, 0.1) is 10.7 Å². The fraction of sp³-hybridized carbons (Fsp3) is 0.727. The second-order valence-electron chi connectivity index (χ2n) is 4.11. The lowest BCUT2D eigenvalue weighted by Gasteiger charge is -2.23. The average Bonchev–Trinajstić information content (AvgIpc) is 2.66. The molecule has 3 nitrogen and oxygen atoms in total. The van der Waals surface area contributed by atoms with Crippen LogP contribution >= 0.6 is 23.7 Å². The molecule has 16 heavy (non-hydrogen) atoms. The number of halogens is 1. The van der Waals surface area contributed by atoms with Crippen LogP contribution in [0.25, 0.3) is 0 Å². The number of thiazole rings is 1. The highest BCUT2D eigenvalue weighted by Crippen LogP contribution is 2.08. The van der Waals surface area contributed by atoms with E-state index in [-0.39, 0.29) is 12.4 Å². The van der Waals surface area contributed by atoms with Crippen molar-refractivity contribution in [1.29, 1.82) is 0 Å². The zero-order valence-electron chi connectivity index (χ0n) is 9.66. The molecule has 2 heterocycles. The first-order valence-corrected chi connectivity index (χ1v) is 6.57. The number of piperidine rings is 1. The van der Waals surface area contributed by atoms with Gasteiger partial charge in [-0.1, -0.05) is 0 Å². The molecule has 2 N–H and O–H groups in total. The van der Waals surface area contributed by atoms with Gasteiger partial charge < -0.3 is 10.6 Å². The normalized spacial score (nSPS) is 20.4. The zero-order valence-corrected chi connectivity index (χ0v) is 11.3. The maximum absolute atomic E-state index is 4.46. The molecule has 0 amide bonds. The predicted octanol–water partition coefficient (Wildman–Crippen LogP) is 1.76. The fourth-order valence-corrected chi connectivity index (χ4v) is 2.60. The second-order valence-corrected chi connectivity index (χ2v) is 5.17. The van der Waals surface area contributed by atoms with E-state index in [1.807, 2.05) is 0 Å². The van der Waals surface area contributed by atoms with Gasteiger partial charge in [-0.15, -0.1) is 23.7 Å². The minimum Gasteiger partial charge on any atom is -0.315 e. The maximum Gasteiger partial charge on any atom is 0.0897 e. The van der Waals surface area contributed by atoms with Crippen molar-refractivity contribution in [3.8, 4) is 0 Å². The Bertz CT molecular complexity index is 297. The molecule has 0 spiro atoms. The maximum atomic E-state index is 4.46. The van der Waals surface area contributed by atoms with Gasteiger partial charge in [0.15, 0.2) is 0 Å². The topological polar surface area (TPSA) is 37.0 Å². The summed E-state index contributed by atoms with van der Waals surface area (Å²) in [5.41, 5.74) is 1.23. The Kier molecular flexibility index (Phi) is 6.28. The van der Waals surface area contributed by atoms with Crippen molar-refractivity contribution in [3.63, 3.8) is 0 Å². The number of aryl methyl sites for hydroxylation is 1. The molecule has 1 fully saturated rings. The minimum absolute atomic E-state index is 0. The summed E-state index contributed by atoms with van der Waals surface area (Å²) in [7, 11) is 0. The van der Waals surface area contributed by atoms with Gasteiger partial charge in [-0.05, 0) is 26.3 Å². The molecule has 0 aliphatic carbocycles. The highest BCUT2D eigenvalue weighted by atomic mass is 35.5. The highest BCUT2D eigenvalue weighted by molar-refractivity contribution is 7.09. The van der Waals surface area contributed by atoms with E-state index in [1.54, 1.807) is 11.3 Å². The zero-order chi connectivity index (χ0) is 10.5. The third-order valence-corrected chi connectivity index (χ3v) is 3.60. The summed E-state index contributed by atoms with van der Waals surface area (Å²) in [6, 6.07) is 0.665. The Morgan fingerprint density at radius 2 is 2.50 bits per heavy atom. The third-order valence-electron chi connectivity index (χ3n) is 2.78. The van der Waals surface area contributed by atoms with Gasteiger partial charge in [-0.25, -0.2) is 4.98 Å². The first-order chi connectivity index (χ1) is 7.34. The van der Waals surface area contributed by atoms with Crippen LogP contribution in [0.3, 0.4) is 0 Å². The quantitative estimate of drug-likeness (QED) is 0.867. The molecule has 1 aliphatic heterocycles. The van der Waals surface area contributed by atoms with E-state index in [4.69, 9.17) is 0 Å².